The number of phenolic OH excluding ortho intramolecular Hbond substituents is 4. The van der Waals surface area contributed by atoms with Crippen LogP contribution in [0.15, 0.2) is 66.4 Å². The number of aliphatic hydroxyl groups is 9. The number of aromatic hydroxyl groups is 4. The predicted molar refractivity (Wildman–Crippen MR) is 246 cm³/mol. The molecule has 0 saturated carbocycles. The summed E-state index contributed by atoms with van der Waals surface area (Å²) in [4.78, 5) is 62.9. The number of carboxylic acids is 2. The lowest BCUT2D eigenvalue weighted by Crippen LogP contribution is -2.63. The summed E-state index contributed by atoms with van der Waals surface area (Å²) >= 11 is 0. The van der Waals surface area contributed by atoms with Gasteiger partial charge in [0.05, 0.1) is 18.8 Å². The standard InChI is InChI=1S/C48H52O30/c49-14-28-34(59)36(61)39(64)47(74-28)72-25-7-1-17(9-23(25)53)2-8-30(55)76-42(44(65)66)43(45(67)68)77-32(57)13-31(56)69-16-29-35(60)37(62)41(78-46-38(63)33(58)24(54)15-70-46)48(75-29)73-27-12-21-22(52)10-20(51)11-26(21)71-40(27)18-3-5-19(50)6-4-18/h1-12,24,28-29,33-43,46-54,58-64H,13-16H2,(H,65,66)(H,67,68). The van der Waals surface area contributed by atoms with Gasteiger partial charge in [-0.1, -0.05) is 18.2 Å². The fourth-order valence-electron chi connectivity index (χ4n) is 8.06. The van der Waals surface area contributed by atoms with Crippen LogP contribution in [0.25, 0.3) is 12.2 Å². The van der Waals surface area contributed by atoms with E-state index < -0.39 is 178 Å². The fraction of sp³-hybridized carbons (Fsp3) is 0.438. The van der Waals surface area contributed by atoms with Gasteiger partial charge >= 0.3 is 29.8 Å². The number of fused-ring (bicyclic) bond motifs is 1. The van der Waals surface area contributed by atoms with Gasteiger partial charge in [-0.2, -0.15) is 0 Å². The number of esters is 3. The normalized spacial score (nSPS) is 30.6. The van der Waals surface area contributed by atoms with Crippen molar-refractivity contribution in [3.05, 3.63) is 83.1 Å². The van der Waals surface area contributed by atoms with Gasteiger partial charge in [-0.3, -0.25) is 9.59 Å². The molecule has 30 nitrogen and oxygen atoms in total. The van der Waals surface area contributed by atoms with Crippen molar-refractivity contribution < 1.29 is 148 Å². The van der Waals surface area contributed by atoms with Crippen LogP contribution in [0.5, 0.6) is 34.5 Å². The molecule has 3 saturated heterocycles. The fourth-order valence-corrected chi connectivity index (χ4v) is 8.06. The third-order valence-corrected chi connectivity index (χ3v) is 12.2. The van der Waals surface area contributed by atoms with E-state index in [2.05, 4.69) is 0 Å². The molecule has 0 aromatic heterocycles. The Morgan fingerprint density at radius 2 is 1.31 bits per heavy atom. The molecule has 0 spiro atoms. The molecule has 78 heavy (non-hydrogen) atoms. The average Bonchev–Trinajstić information content (AvgIpc) is 3.49. The molecule has 4 aliphatic heterocycles. The maximum Gasteiger partial charge on any atom is 0.349 e. The lowest BCUT2D eigenvalue weighted by atomic mass is 9.97. The number of carbonyl (C=O) groups is 5. The summed E-state index contributed by atoms with van der Waals surface area (Å²) in [7, 11) is 0. The SMILES string of the molecule is O=C(C=Cc1ccc(OC2OC(CO)C(O)C(O)C2O)c(O)c1)OC(C(=O)O)C(OC(=O)CC(=O)OCC1OC(OC2=Cc3c(O)cc(O)cc3OC2c2ccc(O)cc2)C(OC2OCC(O)C(O)C2O)C(O)C1O)C(=O)O. The molecule has 17 atom stereocenters. The van der Waals surface area contributed by atoms with Crippen molar-refractivity contribution in [3.8, 4) is 34.5 Å². The molecular formula is C48H52O30. The van der Waals surface area contributed by atoms with E-state index in [1.54, 1.807) is 0 Å². The summed E-state index contributed by atoms with van der Waals surface area (Å²) in [5.74, 6) is -11.4. The molecular weight excluding hydrogens is 1060 g/mol. The van der Waals surface area contributed by atoms with Gasteiger partial charge in [-0.15, -0.1) is 0 Å². The van der Waals surface area contributed by atoms with Crippen LogP contribution in [0.1, 0.15) is 29.2 Å². The minimum Gasteiger partial charge on any atom is -0.508 e. The Morgan fingerprint density at radius 1 is 0.654 bits per heavy atom. The second kappa shape index (κ2) is 24.9. The van der Waals surface area contributed by atoms with Crippen LogP contribution in [-0.4, -0.2) is 224 Å². The zero-order valence-electron chi connectivity index (χ0n) is 39.9. The highest BCUT2D eigenvalue weighted by Crippen LogP contribution is 2.45. The predicted octanol–water partition coefficient (Wildman–Crippen LogP) is -3.91. The molecule has 424 valence electrons. The van der Waals surface area contributed by atoms with Crippen molar-refractivity contribution in [1.29, 1.82) is 0 Å². The Labute approximate surface area is 437 Å². The number of carboxylic acid groups (broad SMARTS) is 2. The number of hydrogen-bond donors (Lipinski definition) is 15. The largest absolute Gasteiger partial charge is 0.508 e. The first-order valence-electron chi connectivity index (χ1n) is 23.2. The van der Waals surface area contributed by atoms with Crippen LogP contribution in [0, 0.1) is 0 Å². The molecule has 7 rings (SSSR count). The maximum atomic E-state index is 13.0. The van der Waals surface area contributed by atoms with Crippen LogP contribution in [0.3, 0.4) is 0 Å². The molecule has 0 radical (unpaired) electrons. The monoisotopic (exact) mass is 1110 g/mol. The van der Waals surface area contributed by atoms with Crippen molar-refractivity contribution in [2.45, 2.75) is 111 Å². The van der Waals surface area contributed by atoms with E-state index in [9.17, 15) is 101 Å². The number of ether oxygens (including phenoxy) is 10. The molecule has 3 aromatic rings. The lowest BCUT2D eigenvalue weighted by Gasteiger charge is -2.45. The van der Waals surface area contributed by atoms with Gasteiger partial charge in [-0.05, 0) is 42.0 Å². The summed E-state index contributed by atoms with van der Waals surface area (Å²) < 4.78 is 54.3. The molecule has 30 heteroatoms. The highest BCUT2D eigenvalue weighted by Gasteiger charge is 2.52. The van der Waals surface area contributed by atoms with Gasteiger partial charge in [0.1, 0.15) is 103 Å². The highest BCUT2D eigenvalue weighted by atomic mass is 16.8. The van der Waals surface area contributed by atoms with Crippen LogP contribution in [-0.2, 0) is 61.9 Å². The average molecular weight is 1110 g/mol. The molecule has 15 N–H and O–H groups in total. The second-order valence-corrected chi connectivity index (χ2v) is 17.7. The number of benzene rings is 3. The van der Waals surface area contributed by atoms with E-state index in [4.69, 9.17) is 47.4 Å². The van der Waals surface area contributed by atoms with Crippen LogP contribution < -0.4 is 9.47 Å². The van der Waals surface area contributed by atoms with E-state index >= 15 is 0 Å². The van der Waals surface area contributed by atoms with Crippen molar-refractivity contribution in [3.63, 3.8) is 0 Å². The van der Waals surface area contributed by atoms with Gasteiger partial charge in [0, 0.05) is 23.8 Å². The first kappa shape index (κ1) is 58.3. The first-order chi connectivity index (χ1) is 36.9. The molecule has 17 unspecified atom stereocenters. The van der Waals surface area contributed by atoms with Crippen LogP contribution in [0.2, 0.25) is 0 Å². The Morgan fingerprint density at radius 3 is 1.97 bits per heavy atom. The summed E-state index contributed by atoms with van der Waals surface area (Å²) in [6, 6.07) is 10.8. The Kier molecular flexibility index (Phi) is 18.6. The third kappa shape index (κ3) is 13.4. The Bertz CT molecular complexity index is 2710. The maximum absolute atomic E-state index is 13.0. The molecule has 0 bridgehead atoms. The van der Waals surface area contributed by atoms with Crippen LogP contribution >= 0.6 is 0 Å². The number of aliphatic hydroxyl groups excluding tert-OH is 9. The van der Waals surface area contributed by atoms with E-state index in [1.807, 2.05) is 0 Å². The lowest BCUT2D eigenvalue weighted by molar-refractivity contribution is -0.352. The minimum atomic E-state index is -2.80. The van der Waals surface area contributed by atoms with Crippen molar-refractivity contribution in [1.82, 2.24) is 0 Å². The molecule has 0 aliphatic carbocycles. The summed E-state index contributed by atoms with van der Waals surface area (Å²) in [5, 5.41) is 154. The smallest absolute Gasteiger partial charge is 0.349 e. The number of hydrogen-bond acceptors (Lipinski definition) is 28. The quantitative estimate of drug-likeness (QED) is 0.0236. The van der Waals surface area contributed by atoms with E-state index in [0.717, 1.165) is 24.3 Å². The molecule has 0 amide bonds. The van der Waals surface area contributed by atoms with Crippen molar-refractivity contribution in [2.75, 3.05) is 19.8 Å². The van der Waals surface area contributed by atoms with E-state index in [-0.39, 0.29) is 39.7 Å². The van der Waals surface area contributed by atoms with Gasteiger partial charge in [-0.25, -0.2) is 14.4 Å². The summed E-state index contributed by atoms with van der Waals surface area (Å²) in [6.07, 6.45) is -30.9. The topological polar surface area (TPSA) is 481 Å². The second-order valence-electron chi connectivity index (χ2n) is 17.7. The van der Waals surface area contributed by atoms with E-state index in [0.29, 0.717) is 6.08 Å². The molecule has 3 fully saturated rings. The first-order valence-corrected chi connectivity index (χ1v) is 23.2. The van der Waals surface area contributed by atoms with E-state index in [1.165, 1.54) is 42.5 Å². The third-order valence-electron chi connectivity index (χ3n) is 12.2. The van der Waals surface area contributed by atoms with Crippen molar-refractivity contribution in [2.24, 2.45) is 0 Å². The molecule has 4 aliphatic rings. The Hall–Kier alpha value is -7.43. The zero-order valence-corrected chi connectivity index (χ0v) is 39.9. The number of phenols is 4. The van der Waals surface area contributed by atoms with Gasteiger partial charge < -0.3 is 124 Å². The number of aliphatic carboxylic acids is 2. The van der Waals surface area contributed by atoms with Crippen molar-refractivity contribution >= 4 is 42.0 Å². The zero-order chi connectivity index (χ0) is 56.9. The number of carbonyl (C=O) groups excluding carboxylic acids is 3. The van der Waals surface area contributed by atoms with Crippen LogP contribution in [0.4, 0.5) is 0 Å². The molecule has 3 aromatic carbocycles. The van der Waals surface area contributed by atoms with Gasteiger partial charge in [0.2, 0.25) is 24.8 Å². The summed E-state index contributed by atoms with van der Waals surface area (Å²) in [6.45, 7) is -2.39. The summed E-state index contributed by atoms with van der Waals surface area (Å²) in [5.41, 5.74) is 0.247. The molecule has 4 heterocycles. The Balaban J connectivity index is 1.00. The van der Waals surface area contributed by atoms with Gasteiger partial charge in [0.25, 0.3) is 0 Å². The minimum absolute atomic E-state index is 0.00975. The number of rotatable bonds is 19. The van der Waals surface area contributed by atoms with Gasteiger partial charge in [0.15, 0.2) is 30.0 Å². The highest BCUT2D eigenvalue weighted by molar-refractivity contribution is 5.94.